The van der Waals surface area contributed by atoms with Gasteiger partial charge in [-0.15, -0.1) is 0 Å². The fraction of sp³-hybridized carbons (Fsp3) is 1.00. The van der Waals surface area contributed by atoms with Gasteiger partial charge >= 0.3 is 0 Å². The third kappa shape index (κ3) is 4.63. The van der Waals surface area contributed by atoms with Gasteiger partial charge in [0.1, 0.15) is 0 Å². The van der Waals surface area contributed by atoms with E-state index in [0.717, 1.165) is 13.0 Å². The van der Waals surface area contributed by atoms with E-state index in [1.807, 2.05) is 13.3 Å². The summed E-state index contributed by atoms with van der Waals surface area (Å²) in [6.07, 6.45) is 3.08. The van der Waals surface area contributed by atoms with E-state index in [0.29, 0.717) is 6.54 Å². The van der Waals surface area contributed by atoms with Gasteiger partial charge in [0.05, 0.1) is 0 Å². The van der Waals surface area contributed by atoms with Crippen LogP contribution in [-0.4, -0.2) is 31.9 Å². The summed E-state index contributed by atoms with van der Waals surface area (Å²) in [6.45, 7) is 3.81. The van der Waals surface area contributed by atoms with Gasteiger partial charge in [-0.05, 0) is 26.6 Å². The molecule has 0 aromatic heterocycles. The molecule has 11 heavy (non-hydrogen) atoms. The van der Waals surface area contributed by atoms with Crippen LogP contribution in [0.4, 0.5) is 0 Å². The maximum absolute atomic E-state index is 5.60. The molecule has 68 valence electrons. The smallest absolute Gasteiger partial charge is 0.0285 e. The van der Waals surface area contributed by atoms with Crippen LogP contribution in [0.25, 0.3) is 0 Å². The molecule has 0 aliphatic heterocycles. The van der Waals surface area contributed by atoms with E-state index < -0.39 is 0 Å². The summed E-state index contributed by atoms with van der Waals surface area (Å²) in [6, 6.07) is 0. The molecule has 0 saturated heterocycles. The number of nitrogens with one attached hydrogen (secondary N) is 2. The lowest BCUT2D eigenvalue weighted by atomic mass is 9.99. The predicted octanol–water partition coefficient (Wildman–Crippen LogP) is 0.181. The fourth-order valence-electron chi connectivity index (χ4n) is 0.758. The Bertz CT molecular complexity index is 93.7. The van der Waals surface area contributed by atoms with Gasteiger partial charge in [0, 0.05) is 18.6 Å². The largest absolute Gasteiger partial charge is 0.329 e. The number of hydrogen-bond acceptors (Lipinski definition) is 4. The quantitative estimate of drug-likeness (QED) is 0.400. The lowest BCUT2D eigenvalue weighted by Crippen LogP contribution is -2.48. The first kappa shape index (κ1) is 11.2. The van der Waals surface area contributed by atoms with Crippen LogP contribution in [0.3, 0.4) is 0 Å². The Balaban J connectivity index is 3.51. The molecule has 0 aliphatic rings. The zero-order valence-electron chi connectivity index (χ0n) is 7.61. The molecule has 0 heterocycles. The first-order valence-electron chi connectivity index (χ1n) is 3.83. The van der Waals surface area contributed by atoms with Crippen molar-refractivity contribution >= 4 is 11.9 Å². The Morgan fingerprint density at radius 3 is 2.55 bits per heavy atom. The van der Waals surface area contributed by atoms with Crippen LogP contribution in [0, 0.1) is 0 Å². The second-order valence-corrected chi connectivity index (χ2v) is 3.56. The third-order valence-corrected chi connectivity index (χ3v) is 2.47. The van der Waals surface area contributed by atoms with E-state index >= 15 is 0 Å². The molecule has 0 radical (unpaired) electrons. The highest BCUT2D eigenvalue weighted by Crippen LogP contribution is 2.05. The summed E-state index contributed by atoms with van der Waals surface area (Å²) in [5.74, 6) is 0. The zero-order chi connectivity index (χ0) is 8.74. The molecule has 0 amide bonds. The normalized spacial score (nSPS) is 16.4. The molecule has 0 bridgehead atoms. The van der Waals surface area contributed by atoms with E-state index in [4.69, 9.17) is 5.73 Å². The number of nitrogens with two attached hydrogens (primary N) is 1. The van der Waals surface area contributed by atoms with Crippen LogP contribution in [0.15, 0.2) is 0 Å². The Morgan fingerprint density at radius 1 is 1.55 bits per heavy atom. The molecule has 0 rings (SSSR count). The molecule has 0 aromatic carbocycles. The first-order chi connectivity index (χ1) is 5.18. The molecule has 4 heteroatoms. The van der Waals surface area contributed by atoms with E-state index in [2.05, 4.69) is 17.0 Å². The Kier molecular flexibility index (Phi) is 5.95. The Hall–Kier alpha value is 0.230. The maximum Gasteiger partial charge on any atom is 0.0285 e. The van der Waals surface area contributed by atoms with Gasteiger partial charge in [-0.3, -0.25) is 4.72 Å². The van der Waals surface area contributed by atoms with E-state index in [1.54, 1.807) is 11.9 Å². The van der Waals surface area contributed by atoms with Crippen LogP contribution in [0.5, 0.6) is 0 Å². The molecule has 0 spiro atoms. The standard InChI is InChI=1S/C7H19N3S/c1-7(6-8,9-2)4-5-10-11-3/h9-10H,4-6,8H2,1-3H3. The average molecular weight is 177 g/mol. The molecule has 0 aromatic rings. The van der Waals surface area contributed by atoms with E-state index in [1.165, 1.54) is 0 Å². The van der Waals surface area contributed by atoms with Crippen LogP contribution < -0.4 is 15.8 Å². The minimum atomic E-state index is 0.0860. The Labute approximate surface area is 73.6 Å². The molecule has 0 fully saturated rings. The van der Waals surface area contributed by atoms with Crippen molar-refractivity contribution in [3.05, 3.63) is 0 Å². The summed E-state index contributed by atoms with van der Waals surface area (Å²) in [7, 11) is 1.95. The first-order valence-corrected chi connectivity index (χ1v) is 5.06. The SMILES string of the molecule is CNC(C)(CN)CCNSC. The third-order valence-electron chi connectivity index (χ3n) is 1.98. The van der Waals surface area contributed by atoms with Gasteiger partial charge in [-0.25, -0.2) is 0 Å². The molecule has 4 N–H and O–H groups in total. The van der Waals surface area contributed by atoms with Crippen molar-refractivity contribution in [2.24, 2.45) is 5.73 Å². The van der Waals surface area contributed by atoms with E-state index in [9.17, 15) is 0 Å². The van der Waals surface area contributed by atoms with Crippen molar-refractivity contribution < 1.29 is 0 Å². The summed E-state index contributed by atoms with van der Waals surface area (Å²) < 4.78 is 3.19. The number of hydrogen-bond donors (Lipinski definition) is 3. The molecule has 0 aliphatic carbocycles. The highest BCUT2D eigenvalue weighted by Gasteiger charge is 2.18. The van der Waals surface area contributed by atoms with Gasteiger partial charge in [0.25, 0.3) is 0 Å². The molecule has 1 atom stereocenters. The van der Waals surface area contributed by atoms with Crippen LogP contribution in [0.1, 0.15) is 13.3 Å². The van der Waals surface area contributed by atoms with Gasteiger partial charge in [0.2, 0.25) is 0 Å². The highest BCUT2D eigenvalue weighted by atomic mass is 32.2. The van der Waals surface area contributed by atoms with Gasteiger partial charge in [-0.2, -0.15) is 0 Å². The summed E-state index contributed by atoms with van der Waals surface area (Å²) >= 11 is 1.64. The van der Waals surface area contributed by atoms with Crippen LogP contribution in [0.2, 0.25) is 0 Å². The van der Waals surface area contributed by atoms with Crippen molar-refractivity contribution in [2.45, 2.75) is 18.9 Å². The van der Waals surface area contributed by atoms with Gasteiger partial charge < -0.3 is 11.1 Å². The van der Waals surface area contributed by atoms with Gasteiger partial charge in [-0.1, -0.05) is 11.9 Å². The maximum atomic E-state index is 5.60. The van der Waals surface area contributed by atoms with E-state index in [-0.39, 0.29) is 5.54 Å². The minimum absolute atomic E-state index is 0.0860. The topological polar surface area (TPSA) is 50.1 Å². The molecule has 1 unspecified atom stereocenters. The van der Waals surface area contributed by atoms with Crippen molar-refractivity contribution in [2.75, 3.05) is 26.4 Å². The second kappa shape index (κ2) is 5.83. The zero-order valence-corrected chi connectivity index (χ0v) is 8.42. The lowest BCUT2D eigenvalue weighted by molar-refractivity contribution is 0.369. The van der Waals surface area contributed by atoms with Crippen LogP contribution >= 0.6 is 11.9 Å². The second-order valence-electron chi connectivity index (χ2n) is 2.86. The predicted molar refractivity (Wildman–Crippen MR) is 52.7 cm³/mol. The minimum Gasteiger partial charge on any atom is -0.329 e. The molecular weight excluding hydrogens is 158 g/mol. The average Bonchev–Trinajstić information content (AvgIpc) is 2.05. The monoisotopic (exact) mass is 177 g/mol. The number of likely N-dealkylation sites (N-methyl/N-ethyl adjacent to an activating group) is 1. The van der Waals surface area contributed by atoms with Crippen molar-refractivity contribution in [3.8, 4) is 0 Å². The van der Waals surface area contributed by atoms with Crippen molar-refractivity contribution in [1.29, 1.82) is 0 Å². The Morgan fingerprint density at radius 2 is 2.18 bits per heavy atom. The number of rotatable bonds is 6. The van der Waals surface area contributed by atoms with Crippen molar-refractivity contribution in [1.82, 2.24) is 10.0 Å². The highest BCUT2D eigenvalue weighted by molar-refractivity contribution is 7.96. The lowest BCUT2D eigenvalue weighted by Gasteiger charge is -2.27. The van der Waals surface area contributed by atoms with Gasteiger partial charge in [0.15, 0.2) is 0 Å². The molecular formula is C7H19N3S. The fourth-order valence-corrected chi connectivity index (χ4v) is 1.06. The summed E-state index contributed by atoms with van der Waals surface area (Å²) in [4.78, 5) is 0. The molecule has 0 saturated carbocycles. The summed E-state index contributed by atoms with van der Waals surface area (Å²) in [5.41, 5.74) is 5.69. The van der Waals surface area contributed by atoms with Crippen molar-refractivity contribution in [3.63, 3.8) is 0 Å². The summed E-state index contributed by atoms with van der Waals surface area (Å²) in [5, 5.41) is 3.21. The molecule has 3 nitrogen and oxygen atoms in total. The van der Waals surface area contributed by atoms with Crippen LogP contribution in [-0.2, 0) is 0 Å².